The Morgan fingerprint density at radius 1 is 1.40 bits per heavy atom. The van der Waals surface area contributed by atoms with Crippen molar-refractivity contribution in [2.24, 2.45) is 0 Å². The van der Waals surface area contributed by atoms with Crippen LogP contribution in [-0.2, 0) is 0 Å². The second-order valence-corrected chi connectivity index (χ2v) is 2.87. The fraction of sp³-hybridized carbons (Fsp3) is 0.857. The van der Waals surface area contributed by atoms with E-state index in [1.807, 2.05) is 0 Å². The molecule has 2 nitrogen and oxygen atoms in total. The molecule has 2 N–H and O–H groups in total. The van der Waals surface area contributed by atoms with Crippen molar-refractivity contribution in [1.29, 1.82) is 0 Å². The van der Waals surface area contributed by atoms with Crippen molar-refractivity contribution < 1.29 is 10.2 Å². The maximum absolute atomic E-state index is 9.03. The third-order valence-corrected chi connectivity index (χ3v) is 0.795. The first-order valence-corrected chi connectivity index (χ1v) is 2.82. The summed E-state index contributed by atoms with van der Waals surface area (Å²) in [5.74, 6) is 0. The molecule has 10 heavy (non-hydrogen) atoms. The van der Waals surface area contributed by atoms with Gasteiger partial charge in [0.05, 0.1) is 11.7 Å². The molecule has 0 aromatic heterocycles. The minimum Gasteiger partial charge on any atom is -0.393 e. The van der Waals surface area contributed by atoms with Crippen molar-refractivity contribution in [3.05, 3.63) is 7.43 Å². The molecule has 65 valence electrons. The maximum Gasteiger partial charge on any atom is 0.0616 e. The van der Waals surface area contributed by atoms with E-state index in [0.717, 1.165) is 0 Å². The molecule has 0 bridgehead atoms. The van der Waals surface area contributed by atoms with Crippen molar-refractivity contribution in [3.8, 4) is 0 Å². The molecule has 0 fully saturated rings. The largest absolute Gasteiger partial charge is 0.393 e. The van der Waals surface area contributed by atoms with Crippen LogP contribution in [0.3, 0.4) is 0 Å². The monoisotopic (exact) mass is 169 g/mol. The predicted octanol–water partition coefficient (Wildman–Crippen LogP) is 1.40. The summed E-state index contributed by atoms with van der Waals surface area (Å²) in [6.45, 7) is 5.03. The number of hydrogen-bond acceptors (Lipinski definition) is 2. The molecule has 0 spiro atoms. The molecule has 0 aliphatic rings. The van der Waals surface area contributed by atoms with Crippen LogP contribution in [0, 0.1) is 7.43 Å². The molecule has 1 radical (unpaired) electrons. The summed E-state index contributed by atoms with van der Waals surface area (Å²) >= 11 is 0. The standard InChI is InChI=1S/C6H14O2.CH3.ClH/c1-5(7)4-6(2,3)8;;/h5,7-8H,4H2,1-3H3;1H3;1H. The van der Waals surface area contributed by atoms with Gasteiger partial charge in [-0.2, -0.15) is 0 Å². The van der Waals surface area contributed by atoms with Crippen LogP contribution in [0.25, 0.3) is 0 Å². The van der Waals surface area contributed by atoms with Gasteiger partial charge in [0.2, 0.25) is 0 Å². The summed E-state index contributed by atoms with van der Waals surface area (Å²) in [6, 6.07) is 0. The Kier molecular flexibility index (Phi) is 9.92. The highest BCUT2D eigenvalue weighted by Gasteiger charge is 2.14. The van der Waals surface area contributed by atoms with Crippen molar-refractivity contribution >= 4 is 12.4 Å². The number of halogens is 1. The van der Waals surface area contributed by atoms with Gasteiger partial charge >= 0.3 is 0 Å². The van der Waals surface area contributed by atoms with E-state index in [1.165, 1.54) is 0 Å². The summed E-state index contributed by atoms with van der Waals surface area (Å²) in [5, 5.41) is 17.8. The van der Waals surface area contributed by atoms with Crippen LogP contribution in [0.15, 0.2) is 0 Å². The van der Waals surface area contributed by atoms with E-state index < -0.39 is 11.7 Å². The predicted molar refractivity (Wildman–Crippen MR) is 46.3 cm³/mol. The third kappa shape index (κ3) is 15.7. The molecule has 0 aromatic carbocycles. The van der Waals surface area contributed by atoms with Gasteiger partial charge in [-0.05, 0) is 20.8 Å². The molecular weight excluding hydrogens is 152 g/mol. The van der Waals surface area contributed by atoms with Gasteiger partial charge in [-0.15, -0.1) is 12.4 Å². The molecular formula is C7H18ClO2. The lowest BCUT2D eigenvalue weighted by Gasteiger charge is -2.17. The molecule has 0 aliphatic carbocycles. The first-order valence-electron chi connectivity index (χ1n) is 2.82. The van der Waals surface area contributed by atoms with Gasteiger partial charge in [0.25, 0.3) is 0 Å². The maximum atomic E-state index is 9.03. The highest BCUT2D eigenvalue weighted by Crippen LogP contribution is 2.09. The van der Waals surface area contributed by atoms with E-state index in [9.17, 15) is 0 Å². The molecule has 1 unspecified atom stereocenters. The van der Waals surface area contributed by atoms with E-state index in [1.54, 1.807) is 20.8 Å². The first kappa shape index (κ1) is 16.7. The highest BCUT2D eigenvalue weighted by atomic mass is 35.5. The van der Waals surface area contributed by atoms with Crippen molar-refractivity contribution in [3.63, 3.8) is 0 Å². The number of rotatable bonds is 2. The van der Waals surface area contributed by atoms with Crippen LogP contribution < -0.4 is 0 Å². The zero-order valence-corrected chi connectivity index (χ0v) is 7.90. The molecule has 0 aromatic rings. The average molecular weight is 170 g/mol. The van der Waals surface area contributed by atoms with E-state index in [-0.39, 0.29) is 19.8 Å². The van der Waals surface area contributed by atoms with Crippen LogP contribution in [0.2, 0.25) is 0 Å². The average Bonchev–Trinajstić information content (AvgIpc) is 1.21. The molecule has 0 saturated carbocycles. The van der Waals surface area contributed by atoms with Crippen LogP contribution in [0.1, 0.15) is 27.2 Å². The Morgan fingerprint density at radius 2 is 1.70 bits per heavy atom. The Bertz CT molecular complexity index is 66.5. The third-order valence-electron chi connectivity index (χ3n) is 0.795. The zero-order chi connectivity index (χ0) is 6.78. The second-order valence-electron chi connectivity index (χ2n) is 2.87. The minimum atomic E-state index is -0.728. The molecule has 1 atom stereocenters. The zero-order valence-electron chi connectivity index (χ0n) is 7.09. The van der Waals surface area contributed by atoms with E-state index in [2.05, 4.69) is 0 Å². The van der Waals surface area contributed by atoms with Crippen LogP contribution in [-0.4, -0.2) is 21.9 Å². The molecule has 0 heterocycles. The summed E-state index contributed by atoms with van der Waals surface area (Å²) in [4.78, 5) is 0. The van der Waals surface area contributed by atoms with E-state index >= 15 is 0 Å². The van der Waals surface area contributed by atoms with E-state index in [0.29, 0.717) is 6.42 Å². The lowest BCUT2D eigenvalue weighted by Crippen LogP contribution is -2.24. The van der Waals surface area contributed by atoms with Gasteiger partial charge in [-0.1, -0.05) is 7.43 Å². The normalized spacial score (nSPS) is 12.9. The van der Waals surface area contributed by atoms with Crippen LogP contribution in [0.4, 0.5) is 0 Å². The Labute approximate surface area is 69.7 Å². The molecule has 3 heteroatoms. The smallest absolute Gasteiger partial charge is 0.0616 e. The van der Waals surface area contributed by atoms with Gasteiger partial charge in [0.15, 0.2) is 0 Å². The van der Waals surface area contributed by atoms with Crippen LogP contribution in [0.5, 0.6) is 0 Å². The quantitative estimate of drug-likeness (QED) is 0.656. The topological polar surface area (TPSA) is 40.5 Å². The lowest BCUT2D eigenvalue weighted by molar-refractivity contribution is 0.0249. The fourth-order valence-corrected chi connectivity index (χ4v) is 0.723. The highest BCUT2D eigenvalue weighted by molar-refractivity contribution is 5.85. The number of hydrogen-bond donors (Lipinski definition) is 2. The minimum absolute atomic E-state index is 0. The van der Waals surface area contributed by atoms with Crippen LogP contribution >= 0.6 is 12.4 Å². The summed E-state index contributed by atoms with van der Waals surface area (Å²) in [7, 11) is 0. The summed E-state index contributed by atoms with van der Waals surface area (Å²) < 4.78 is 0. The summed E-state index contributed by atoms with van der Waals surface area (Å²) in [6.07, 6.45) is 0.0301. The van der Waals surface area contributed by atoms with Crippen molar-refractivity contribution in [2.75, 3.05) is 0 Å². The molecule has 0 aliphatic heterocycles. The van der Waals surface area contributed by atoms with Crippen molar-refractivity contribution in [2.45, 2.75) is 38.9 Å². The first-order chi connectivity index (χ1) is 3.42. The van der Waals surface area contributed by atoms with Gasteiger partial charge in [0.1, 0.15) is 0 Å². The molecule has 0 rings (SSSR count). The number of aliphatic hydroxyl groups is 2. The Morgan fingerprint density at radius 3 is 1.70 bits per heavy atom. The van der Waals surface area contributed by atoms with Gasteiger partial charge in [-0.25, -0.2) is 0 Å². The Hall–Kier alpha value is 0.210. The van der Waals surface area contributed by atoms with Crippen molar-refractivity contribution in [1.82, 2.24) is 0 Å². The molecule has 0 saturated heterocycles. The van der Waals surface area contributed by atoms with Gasteiger partial charge < -0.3 is 10.2 Å². The number of aliphatic hydroxyl groups excluding tert-OH is 1. The van der Waals surface area contributed by atoms with E-state index in [4.69, 9.17) is 10.2 Å². The lowest BCUT2D eigenvalue weighted by atomic mass is 10.0. The fourth-order valence-electron chi connectivity index (χ4n) is 0.723. The van der Waals surface area contributed by atoms with Gasteiger partial charge in [0, 0.05) is 6.42 Å². The second kappa shape index (κ2) is 5.96. The summed E-state index contributed by atoms with van der Waals surface area (Å²) in [5.41, 5.74) is -0.728. The van der Waals surface area contributed by atoms with Gasteiger partial charge in [-0.3, -0.25) is 0 Å². The Balaban J connectivity index is -0.000000245. The molecule has 0 amide bonds. The SMILES string of the molecule is CC(O)CC(C)(C)O.Cl.[CH3].